The lowest BCUT2D eigenvalue weighted by Crippen LogP contribution is -2.16. The molecule has 0 bridgehead atoms. The normalized spacial score (nSPS) is 13.1. The van der Waals surface area contributed by atoms with Crippen molar-refractivity contribution in [3.63, 3.8) is 0 Å². The number of hydrogen-bond acceptors (Lipinski definition) is 4. The van der Waals surface area contributed by atoms with E-state index in [0.29, 0.717) is 0 Å². The molecule has 1 aliphatic rings. The van der Waals surface area contributed by atoms with Gasteiger partial charge in [-0.1, -0.05) is 198 Å². The van der Waals surface area contributed by atoms with Crippen molar-refractivity contribution in [3.8, 4) is 33.4 Å². The van der Waals surface area contributed by atoms with Crippen molar-refractivity contribution < 1.29 is 8.83 Å². The van der Waals surface area contributed by atoms with Gasteiger partial charge in [0.05, 0.1) is 27.9 Å². The second kappa shape index (κ2) is 18.6. The first-order valence-corrected chi connectivity index (χ1v) is 30.6. The van der Waals surface area contributed by atoms with E-state index in [2.05, 4.69) is 316 Å². The number of para-hydroxylation sites is 4. The minimum atomic E-state index is -0.345. The van der Waals surface area contributed by atoms with Crippen LogP contribution in [0, 0.1) is 0 Å². The molecule has 0 fully saturated rings. The molecule has 88 heavy (non-hydrogen) atoms. The minimum Gasteiger partial charge on any atom is -0.454 e. The van der Waals surface area contributed by atoms with E-state index in [9.17, 15) is 0 Å². The maximum absolute atomic E-state index is 6.85. The Morgan fingerprint density at radius 2 is 0.864 bits per heavy atom. The first kappa shape index (κ1) is 50.4. The molecule has 0 amide bonds. The van der Waals surface area contributed by atoms with Crippen LogP contribution in [0.3, 0.4) is 0 Å². The lowest BCUT2D eigenvalue weighted by Gasteiger charge is -2.28. The molecule has 5 heteroatoms. The van der Waals surface area contributed by atoms with Crippen molar-refractivity contribution in [2.45, 2.75) is 45.4 Å². The molecule has 17 aromatic rings. The fraction of sp³-hybridized carbons (Fsp3) is 0.0843. The number of hydrogen-bond donors (Lipinski definition) is 0. The smallest absolute Gasteiger partial charge is 0.159 e. The number of rotatable bonds is 8. The Morgan fingerprint density at radius 1 is 0.352 bits per heavy atom. The van der Waals surface area contributed by atoms with E-state index in [0.717, 1.165) is 94.6 Å². The average Bonchev–Trinajstić information content (AvgIpc) is 1.54. The highest BCUT2D eigenvalue weighted by Crippen LogP contribution is 2.55. The zero-order valence-corrected chi connectivity index (χ0v) is 49.6. The second-order valence-electron chi connectivity index (χ2n) is 25.6. The summed E-state index contributed by atoms with van der Waals surface area (Å²) in [5.41, 5.74) is 24.0. The van der Waals surface area contributed by atoms with Gasteiger partial charge in [0.2, 0.25) is 0 Å². The fourth-order valence-electron chi connectivity index (χ4n) is 14.9. The molecule has 1 aliphatic carbocycles. The molecule has 418 valence electrons. The van der Waals surface area contributed by atoms with Crippen LogP contribution >= 0.6 is 0 Å². The van der Waals surface area contributed by atoms with Gasteiger partial charge >= 0.3 is 0 Å². The molecular weight excluding hydrogens is 1070 g/mol. The maximum atomic E-state index is 6.85. The van der Waals surface area contributed by atoms with Crippen molar-refractivity contribution in [1.82, 2.24) is 4.40 Å². The van der Waals surface area contributed by atoms with Crippen LogP contribution in [-0.2, 0) is 10.8 Å². The topological polar surface area (TPSA) is 37.2 Å². The zero-order valence-electron chi connectivity index (χ0n) is 49.6. The Bertz CT molecular complexity index is 5720. The van der Waals surface area contributed by atoms with E-state index in [1.807, 2.05) is 0 Å². The minimum absolute atomic E-state index is 0.104. The maximum Gasteiger partial charge on any atom is 0.159 e. The van der Waals surface area contributed by atoms with Gasteiger partial charge in [-0.3, -0.25) is 0 Å². The highest BCUT2D eigenvalue weighted by Gasteiger charge is 2.38. The van der Waals surface area contributed by atoms with Crippen LogP contribution in [0.4, 0.5) is 34.1 Å². The summed E-state index contributed by atoms with van der Waals surface area (Å²) in [7, 11) is 0. The predicted molar refractivity (Wildman–Crippen MR) is 370 cm³/mol. The average molecular weight is 1130 g/mol. The van der Waals surface area contributed by atoms with E-state index < -0.39 is 0 Å². The lowest BCUT2D eigenvalue weighted by atomic mass is 9.81. The predicted octanol–water partition coefficient (Wildman–Crippen LogP) is 23.7. The molecule has 0 unspecified atom stereocenters. The summed E-state index contributed by atoms with van der Waals surface area (Å²) in [6, 6.07) is 98.0. The summed E-state index contributed by atoms with van der Waals surface area (Å²) in [5.74, 6) is 0. The summed E-state index contributed by atoms with van der Waals surface area (Å²) in [6.07, 6.45) is 0. The van der Waals surface area contributed by atoms with Crippen molar-refractivity contribution in [1.29, 1.82) is 0 Å². The monoisotopic (exact) mass is 1130 g/mol. The molecule has 13 aromatic carbocycles. The number of nitrogens with zero attached hydrogens (tertiary/aromatic N) is 3. The third-order valence-electron chi connectivity index (χ3n) is 19.2. The molecule has 0 saturated carbocycles. The van der Waals surface area contributed by atoms with E-state index in [-0.39, 0.29) is 10.8 Å². The molecule has 0 radical (unpaired) electrons. The zero-order chi connectivity index (χ0) is 58.7. The van der Waals surface area contributed by atoms with Crippen molar-refractivity contribution in [2.24, 2.45) is 0 Å². The van der Waals surface area contributed by atoms with Crippen molar-refractivity contribution >= 4 is 127 Å². The van der Waals surface area contributed by atoms with Crippen LogP contribution < -0.4 is 9.80 Å². The van der Waals surface area contributed by atoms with Gasteiger partial charge in [-0.2, -0.15) is 0 Å². The molecule has 0 saturated heterocycles. The highest BCUT2D eigenvalue weighted by molar-refractivity contribution is 6.29. The Hall–Kier alpha value is -10.9. The number of anilines is 6. The van der Waals surface area contributed by atoms with Crippen LogP contribution in [0.25, 0.3) is 126 Å². The Morgan fingerprint density at radius 3 is 1.48 bits per heavy atom. The van der Waals surface area contributed by atoms with Crippen LogP contribution in [0.5, 0.6) is 0 Å². The van der Waals surface area contributed by atoms with Crippen LogP contribution in [-0.4, -0.2) is 4.40 Å². The van der Waals surface area contributed by atoms with Crippen LogP contribution in [0.1, 0.15) is 51.3 Å². The van der Waals surface area contributed by atoms with Gasteiger partial charge in [0.25, 0.3) is 0 Å². The Labute approximate surface area is 509 Å². The summed E-state index contributed by atoms with van der Waals surface area (Å²) in [5, 5.41) is 12.0. The third-order valence-corrected chi connectivity index (χ3v) is 19.2. The molecule has 4 heterocycles. The molecule has 0 spiro atoms. The Balaban J connectivity index is 0.829. The highest BCUT2D eigenvalue weighted by atomic mass is 16.3. The first-order valence-electron chi connectivity index (χ1n) is 30.6. The number of benzene rings is 13. The number of furan rings is 2. The molecule has 0 atom stereocenters. The summed E-state index contributed by atoms with van der Waals surface area (Å²) in [4.78, 5) is 4.80. The second-order valence-corrected chi connectivity index (χ2v) is 25.6. The quantitative estimate of drug-likeness (QED) is 0.152. The summed E-state index contributed by atoms with van der Waals surface area (Å²) in [6.45, 7) is 11.9. The first-order chi connectivity index (χ1) is 43.0. The van der Waals surface area contributed by atoms with Gasteiger partial charge in [-0.25, -0.2) is 0 Å². The SMILES string of the molecule is CC(C)(C)c1cc2c3ccc(N(c4cccc(-c5ccccc5)c4)c4cccc5c4oc4ccccc45)cc3n3c4ccc5cc6c(cc5c4c(c1)c23)C(C)(C)c1cc(N(c2cccc(-c3ccccc3)c2)c2cccc3c2oc2ccccc23)ccc1-6. The van der Waals surface area contributed by atoms with Gasteiger partial charge in [0.1, 0.15) is 11.2 Å². The third kappa shape index (κ3) is 7.40. The van der Waals surface area contributed by atoms with Gasteiger partial charge in [0, 0.05) is 71.3 Å². The molecule has 18 rings (SSSR count). The molecule has 0 N–H and O–H groups in total. The summed E-state index contributed by atoms with van der Waals surface area (Å²) < 4.78 is 16.2. The summed E-state index contributed by atoms with van der Waals surface area (Å²) >= 11 is 0. The number of aromatic nitrogens is 1. The van der Waals surface area contributed by atoms with Crippen molar-refractivity contribution in [2.75, 3.05) is 9.80 Å². The van der Waals surface area contributed by atoms with Crippen LogP contribution in [0.2, 0.25) is 0 Å². The lowest BCUT2D eigenvalue weighted by molar-refractivity contribution is 0.592. The van der Waals surface area contributed by atoms with Gasteiger partial charge in [-0.05, 0) is 169 Å². The van der Waals surface area contributed by atoms with Crippen molar-refractivity contribution in [3.05, 3.63) is 284 Å². The van der Waals surface area contributed by atoms with Gasteiger partial charge < -0.3 is 23.0 Å². The molecule has 0 aliphatic heterocycles. The van der Waals surface area contributed by atoms with Gasteiger partial charge in [0.15, 0.2) is 11.2 Å². The number of fused-ring (bicyclic) bond motifs is 17. The molecule has 4 aromatic heterocycles. The fourth-order valence-corrected chi connectivity index (χ4v) is 14.9. The molecule has 5 nitrogen and oxygen atoms in total. The van der Waals surface area contributed by atoms with E-state index in [4.69, 9.17) is 8.83 Å². The van der Waals surface area contributed by atoms with E-state index in [1.54, 1.807) is 0 Å². The standard InChI is InChI=1S/C83H59N3O2/c1-82(2,3)55-45-68-61-40-38-59(85(57-27-17-25-53(43-57)51-22-10-7-11-23-51)74-33-19-31-65-63-29-13-15-35-77(63)88-81(65)74)48-75(61)86-72-41-36-54-44-67-60-39-37-58(47-70(60)83(4,5)71(67)49-66(54)78(72)69(46-55)79(68)86)84(56-26-16-24-52(42-56)50-20-8-6-9-21-50)73-32-18-30-64-62-28-12-14-34-76(62)87-80(64)73/h6-49H,1-5H3. The molecular formula is C83H59N3O2. The van der Waals surface area contributed by atoms with E-state index >= 15 is 0 Å². The Kier molecular flexibility index (Phi) is 10.6. The van der Waals surface area contributed by atoms with Crippen LogP contribution in [0.15, 0.2) is 276 Å². The largest absolute Gasteiger partial charge is 0.454 e. The van der Waals surface area contributed by atoms with Gasteiger partial charge in [-0.15, -0.1) is 0 Å². The van der Waals surface area contributed by atoms with E-state index in [1.165, 1.54) is 82.3 Å².